The Kier molecular flexibility index (Phi) is 31.9. The summed E-state index contributed by atoms with van der Waals surface area (Å²) in [6, 6.07) is 21.3. The fourth-order valence-corrected chi connectivity index (χ4v) is 11.7. The number of rotatable bonds is 11. The maximum atomic E-state index is 9.67. The third kappa shape index (κ3) is 21.7. The number of aromatic nitrogens is 9. The van der Waals surface area contributed by atoms with Crippen LogP contribution in [0.3, 0.4) is 0 Å². The van der Waals surface area contributed by atoms with Crippen LogP contribution in [-0.2, 0) is 31.4 Å². The van der Waals surface area contributed by atoms with Crippen molar-refractivity contribution in [3.8, 4) is 0 Å². The van der Waals surface area contributed by atoms with Gasteiger partial charge in [-0.1, -0.05) is 149 Å². The molecule has 1 radical (unpaired) electrons. The van der Waals surface area contributed by atoms with E-state index in [1.807, 2.05) is 52.2 Å². The fourth-order valence-electron chi connectivity index (χ4n) is 11.7. The molecule has 11 heterocycles. The molecule has 0 saturated carbocycles. The molecular formula is C78H101BF3MnN9O4. The van der Waals surface area contributed by atoms with E-state index >= 15 is 0 Å². The largest absolute Gasteiger partial charge is 2.00 e. The molecule has 513 valence electrons. The van der Waals surface area contributed by atoms with Gasteiger partial charge >= 0.3 is 24.6 Å². The van der Waals surface area contributed by atoms with Crippen LogP contribution in [0, 0.1) is 5.92 Å². The number of carbonyl (C=O) groups is 2. The third-order valence-corrected chi connectivity index (χ3v) is 15.5. The van der Waals surface area contributed by atoms with Crippen LogP contribution in [0.4, 0.5) is 12.9 Å². The summed E-state index contributed by atoms with van der Waals surface area (Å²) in [5, 5.41) is 7.42. The fraction of sp³-hybridized carbons (Fsp3) is 0.410. The van der Waals surface area contributed by atoms with Gasteiger partial charge in [0.05, 0.1) is 45.6 Å². The number of nitrogens with one attached hydrogen (secondary N) is 3. The van der Waals surface area contributed by atoms with Crippen LogP contribution in [0.25, 0.3) is 92.7 Å². The van der Waals surface area contributed by atoms with E-state index in [-0.39, 0.29) is 46.7 Å². The molecular weight excluding hydrogens is 1250 g/mol. The number of hydrogen-bond donors (Lipinski definition) is 4. The number of carbonyl (C=O) groups excluding carboxylic acids is 1. The minimum Gasteiger partial charge on any atom is -0.657 e. The van der Waals surface area contributed by atoms with Crippen LogP contribution < -0.4 is 9.97 Å². The standard InChI is InChI=1S/C32H38N4.C32H36N4.C4H5N.C4H8O.C4H10O.C2H4O2.BF3.Mn/c2*1-17(2)29-21-9-11-23(33-21)30(18(3)4)25-13-15-27(35-25)32(20(7)8)28-16-14-26(36-28)31(19(5)6)24-12-10-22(29)34-24;1-2-4-5-3-1;1-4(2)3-5;1-3-5-4-2;1-2(3)4;2-1(3)4;/h9-20,33-34H,1-8H3;9-20H,1-8H3;1-5H;3-4H,1-2H3;3-4H2,1-2H3;1H3,(H,3,4);;/q;-2;;;;;;+2. The molecule has 0 saturated heterocycles. The van der Waals surface area contributed by atoms with E-state index in [0.29, 0.717) is 23.7 Å². The molecule has 0 unspecified atom stereocenters. The van der Waals surface area contributed by atoms with E-state index in [9.17, 15) is 17.7 Å². The Morgan fingerprint density at radius 1 is 0.438 bits per heavy atom. The van der Waals surface area contributed by atoms with Crippen LogP contribution in [0.5, 0.6) is 0 Å². The summed E-state index contributed by atoms with van der Waals surface area (Å²) in [7, 11) is -3.67. The van der Waals surface area contributed by atoms with Gasteiger partial charge in [0.1, 0.15) is 6.29 Å². The van der Waals surface area contributed by atoms with Crippen molar-refractivity contribution in [3.63, 3.8) is 0 Å². The first-order chi connectivity index (χ1) is 44.9. The molecule has 18 heteroatoms. The van der Waals surface area contributed by atoms with Crippen molar-refractivity contribution in [2.45, 2.75) is 193 Å². The van der Waals surface area contributed by atoms with E-state index in [4.69, 9.17) is 44.5 Å². The predicted octanol–water partition coefficient (Wildman–Crippen LogP) is 21.4. The molecule has 4 N–H and O–H groups in total. The molecule has 16 bridgehead atoms. The van der Waals surface area contributed by atoms with Gasteiger partial charge < -0.3 is 39.6 Å². The summed E-state index contributed by atoms with van der Waals surface area (Å²) >= 11 is 0. The van der Waals surface area contributed by atoms with E-state index < -0.39 is 13.5 Å². The summed E-state index contributed by atoms with van der Waals surface area (Å²) in [5.74, 6) is 1.82. The normalized spacial score (nSPS) is 11.8. The van der Waals surface area contributed by atoms with E-state index in [0.717, 1.165) is 116 Å². The van der Waals surface area contributed by atoms with Crippen molar-refractivity contribution < 1.29 is 49.4 Å². The summed E-state index contributed by atoms with van der Waals surface area (Å²) in [4.78, 5) is 59.9. The van der Waals surface area contributed by atoms with E-state index in [1.165, 1.54) is 44.5 Å². The van der Waals surface area contributed by atoms with E-state index in [1.54, 1.807) is 0 Å². The molecule has 11 rings (SSSR count). The first-order valence-electron chi connectivity index (χ1n) is 33.4. The molecule has 4 aliphatic rings. The zero-order valence-corrected chi connectivity index (χ0v) is 61.4. The van der Waals surface area contributed by atoms with Crippen molar-refractivity contribution in [1.82, 2.24) is 44.9 Å². The maximum absolute atomic E-state index is 9.67. The molecule has 0 spiro atoms. The molecule has 0 fully saturated rings. The van der Waals surface area contributed by atoms with Gasteiger partial charge in [-0.15, -0.1) is 22.1 Å². The average molecular weight is 1350 g/mol. The number of aromatic amines is 3. The number of nitrogens with zero attached hydrogens (tertiary/aromatic N) is 6. The van der Waals surface area contributed by atoms with Crippen LogP contribution >= 0.6 is 0 Å². The van der Waals surface area contributed by atoms with Crippen molar-refractivity contribution in [2.24, 2.45) is 5.92 Å². The average Bonchev–Trinajstić information content (AvgIpc) is 1.62. The number of halogens is 3. The molecule has 0 amide bonds. The van der Waals surface area contributed by atoms with Gasteiger partial charge in [-0.05, 0) is 168 Å². The second-order valence-electron chi connectivity index (χ2n) is 26.2. The number of aliphatic carboxylic acids is 1. The van der Waals surface area contributed by atoms with Crippen LogP contribution in [0.2, 0.25) is 0 Å². The van der Waals surface area contributed by atoms with Gasteiger partial charge in [-0.2, -0.15) is 0 Å². The summed E-state index contributed by atoms with van der Waals surface area (Å²) in [5.41, 5.74) is 26.3. The van der Waals surface area contributed by atoms with Gasteiger partial charge in [-0.25, -0.2) is 19.9 Å². The Bertz CT molecular complexity index is 3790. The monoisotopic (exact) mass is 1350 g/mol. The van der Waals surface area contributed by atoms with Gasteiger partial charge in [-0.3, -0.25) is 17.7 Å². The van der Waals surface area contributed by atoms with Crippen molar-refractivity contribution in [2.75, 3.05) is 13.2 Å². The van der Waals surface area contributed by atoms with Gasteiger partial charge in [0.25, 0.3) is 5.97 Å². The van der Waals surface area contributed by atoms with Crippen molar-refractivity contribution >= 4 is 113 Å². The SMILES string of the molecule is CC(=O)O.CC(C)C=O.CC(C)c1c2nc(c(C(C)C)c3ccc([n-]3)c(C(C)C)c3nc(c(C(C)C)c4ccc1[n-]4)C=C3)C=C2.CC(C)c1c2nc(c(C(C)C)c3ccc([nH]3)c(C(C)C)c3ccc([nH]3)c(C(C)C)c3nc1C=C3)C=C2.CCOCC.FB(F)F.[Mn+2].c1cc[nH]c1. The number of carboxylic acids is 1. The Morgan fingerprint density at radius 2 is 0.646 bits per heavy atom. The zero-order valence-electron chi connectivity index (χ0n) is 60.2. The minimum absolute atomic E-state index is 0. The number of carboxylic acid groups (broad SMARTS) is 1. The quantitative estimate of drug-likeness (QED) is 0.0716. The van der Waals surface area contributed by atoms with Crippen LogP contribution in [-0.4, -0.2) is 73.0 Å². The Hall–Kier alpha value is -8.05. The van der Waals surface area contributed by atoms with Crippen LogP contribution in [0.15, 0.2) is 73.1 Å². The minimum atomic E-state index is -3.67. The molecule has 0 atom stereocenters. The number of fused-ring (bicyclic) bond motifs is 16. The summed E-state index contributed by atoms with van der Waals surface area (Å²) in [6.45, 7) is 46.2. The first kappa shape index (κ1) is 80.4. The Balaban J connectivity index is 0.000000305. The smallest absolute Gasteiger partial charge is 0.657 e. The molecule has 13 nitrogen and oxygen atoms in total. The van der Waals surface area contributed by atoms with Crippen molar-refractivity contribution in [3.05, 3.63) is 163 Å². The summed E-state index contributed by atoms with van der Waals surface area (Å²) in [6.07, 6.45) is 21.9. The maximum Gasteiger partial charge on any atom is 2.00 e. The van der Waals surface area contributed by atoms with Crippen molar-refractivity contribution in [1.29, 1.82) is 0 Å². The summed E-state index contributed by atoms with van der Waals surface area (Å²) < 4.78 is 33.8. The molecule has 0 aromatic carbocycles. The van der Waals surface area contributed by atoms with Gasteiger partial charge in [0, 0.05) is 82.8 Å². The molecule has 0 aliphatic carbocycles. The van der Waals surface area contributed by atoms with Crippen LogP contribution in [0.1, 0.15) is 283 Å². The van der Waals surface area contributed by atoms with Gasteiger partial charge in [0.2, 0.25) is 0 Å². The topological polar surface area (TPSA) is 191 Å². The Morgan fingerprint density at radius 3 is 0.823 bits per heavy atom. The number of H-pyrrole nitrogens is 3. The third-order valence-electron chi connectivity index (χ3n) is 15.5. The molecule has 4 aliphatic heterocycles. The Labute approximate surface area is 578 Å². The first-order valence-corrected chi connectivity index (χ1v) is 33.4. The van der Waals surface area contributed by atoms with E-state index in [2.05, 4.69) is 223 Å². The van der Waals surface area contributed by atoms with Gasteiger partial charge in [0.15, 0.2) is 0 Å². The second-order valence-corrected chi connectivity index (χ2v) is 26.2. The molecule has 7 aromatic heterocycles. The zero-order chi connectivity index (χ0) is 70.5. The second kappa shape index (κ2) is 38.0. The number of aldehydes is 1. The molecule has 7 aromatic rings. The number of hydrogen-bond acceptors (Lipinski definition) is 7. The number of ether oxygens (including phenoxy) is 1. The molecule has 96 heavy (non-hydrogen) atoms. The predicted molar refractivity (Wildman–Crippen MR) is 395 cm³/mol.